The van der Waals surface area contributed by atoms with E-state index >= 15 is 0 Å². The van der Waals surface area contributed by atoms with Crippen LogP contribution in [0.5, 0.6) is 0 Å². The van der Waals surface area contributed by atoms with Gasteiger partial charge < -0.3 is 15.6 Å². The third-order valence-corrected chi connectivity index (χ3v) is 2.53. The van der Waals surface area contributed by atoms with Crippen LogP contribution in [0.15, 0.2) is 36.8 Å². The van der Waals surface area contributed by atoms with Crippen molar-refractivity contribution in [2.45, 2.75) is 19.9 Å². The number of carbonyl (C=O) groups is 1. The number of nitrogens with one attached hydrogen (secondary N) is 1. The highest BCUT2D eigenvalue weighted by Gasteiger charge is 2.12. The van der Waals surface area contributed by atoms with Gasteiger partial charge in [0.05, 0.1) is 17.6 Å². The van der Waals surface area contributed by atoms with E-state index < -0.39 is 0 Å². The van der Waals surface area contributed by atoms with Gasteiger partial charge in [0.1, 0.15) is 5.69 Å². The molecule has 2 heterocycles. The zero-order valence-corrected chi connectivity index (χ0v) is 10.3. The van der Waals surface area contributed by atoms with Crippen LogP contribution >= 0.6 is 0 Å². The van der Waals surface area contributed by atoms with Gasteiger partial charge in [-0.2, -0.15) is 0 Å². The number of pyridine rings is 1. The van der Waals surface area contributed by atoms with Crippen molar-refractivity contribution in [2.24, 2.45) is 0 Å². The lowest BCUT2D eigenvalue weighted by Gasteiger charge is -2.08. The molecule has 3 N–H and O–H groups in total. The van der Waals surface area contributed by atoms with Gasteiger partial charge in [-0.05, 0) is 24.6 Å². The SMILES string of the molecule is CCCn1cc(N)cc1C(=O)Nc1cccnc1. The Morgan fingerprint density at radius 1 is 1.56 bits per heavy atom. The minimum Gasteiger partial charge on any atom is -0.397 e. The molecule has 0 aliphatic heterocycles. The Morgan fingerprint density at radius 2 is 2.39 bits per heavy atom. The lowest BCUT2D eigenvalue weighted by Crippen LogP contribution is -2.16. The highest BCUT2D eigenvalue weighted by atomic mass is 16.1. The van der Waals surface area contributed by atoms with Crippen LogP contribution in [0.2, 0.25) is 0 Å². The number of carbonyl (C=O) groups excluding carboxylic acids is 1. The molecule has 2 aromatic rings. The molecule has 0 unspecified atom stereocenters. The largest absolute Gasteiger partial charge is 0.397 e. The van der Waals surface area contributed by atoms with E-state index in [-0.39, 0.29) is 5.91 Å². The van der Waals surface area contributed by atoms with E-state index in [9.17, 15) is 4.79 Å². The topological polar surface area (TPSA) is 72.9 Å². The molecular weight excluding hydrogens is 228 g/mol. The van der Waals surface area contributed by atoms with Crippen molar-refractivity contribution < 1.29 is 4.79 Å². The number of nitrogens with two attached hydrogens (primary N) is 1. The second-order valence-corrected chi connectivity index (χ2v) is 4.05. The number of rotatable bonds is 4. The molecule has 0 aliphatic rings. The van der Waals surface area contributed by atoms with Crippen LogP contribution in [0, 0.1) is 0 Å². The first kappa shape index (κ1) is 12.2. The predicted octanol–water partition coefficient (Wildman–Crippen LogP) is 2.13. The van der Waals surface area contributed by atoms with Crippen LogP contribution < -0.4 is 11.1 Å². The number of nitrogens with zero attached hydrogens (tertiary/aromatic N) is 2. The Kier molecular flexibility index (Phi) is 3.62. The molecular formula is C13H16N4O. The fourth-order valence-electron chi connectivity index (χ4n) is 1.78. The van der Waals surface area contributed by atoms with Crippen molar-refractivity contribution in [1.82, 2.24) is 9.55 Å². The zero-order valence-electron chi connectivity index (χ0n) is 10.3. The summed E-state index contributed by atoms with van der Waals surface area (Å²) in [6.07, 6.45) is 5.99. The molecule has 0 saturated carbocycles. The maximum Gasteiger partial charge on any atom is 0.272 e. The van der Waals surface area contributed by atoms with Crippen LogP contribution in [0.4, 0.5) is 11.4 Å². The van der Waals surface area contributed by atoms with Crippen LogP contribution in [0.3, 0.4) is 0 Å². The molecule has 0 fully saturated rings. The number of aryl methyl sites for hydroxylation is 1. The predicted molar refractivity (Wildman–Crippen MR) is 71.3 cm³/mol. The number of aromatic nitrogens is 2. The van der Waals surface area contributed by atoms with Gasteiger partial charge in [-0.1, -0.05) is 6.92 Å². The van der Waals surface area contributed by atoms with E-state index in [0.29, 0.717) is 17.1 Å². The molecule has 2 rings (SSSR count). The summed E-state index contributed by atoms with van der Waals surface area (Å²) in [4.78, 5) is 16.1. The first-order valence-electron chi connectivity index (χ1n) is 5.87. The van der Waals surface area contributed by atoms with Gasteiger partial charge in [-0.15, -0.1) is 0 Å². The summed E-state index contributed by atoms with van der Waals surface area (Å²) in [7, 11) is 0. The molecule has 0 aromatic carbocycles. The van der Waals surface area contributed by atoms with Crippen molar-refractivity contribution in [1.29, 1.82) is 0 Å². The van der Waals surface area contributed by atoms with E-state index in [1.807, 2.05) is 4.57 Å². The van der Waals surface area contributed by atoms with E-state index in [1.165, 1.54) is 0 Å². The van der Waals surface area contributed by atoms with E-state index in [2.05, 4.69) is 17.2 Å². The third kappa shape index (κ3) is 2.68. The monoisotopic (exact) mass is 244 g/mol. The first-order chi connectivity index (χ1) is 8.70. The second-order valence-electron chi connectivity index (χ2n) is 4.05. The summed E-state index contributed by atoms with van der Waals surface area (Å²) in [6.45, 7) is 2.83. The molecule has 94 valence electrons. The third-order valence-electron chi connectivity index (χ3n) is 2.53. The highest BCUT2D eigenvalue weighted by molar-refractivity contribution is 6.03. The number of anilines is 2. The van der Waals surface area contributed by atoms with E-state index in [0.717, 1.165) is 13.0 Å². The minimum absolute atomic E-state index is 0.173. The van der Waals surface area contributed by atoms with Crippen molar-refractivity contribution in [3.8, 4) is 0 Å². The lowest BCUT2D eigenvalue weighted by atomic mass is 10.3. The Balaban J connectivity index is 2.18. The maximum atomic E-state index is 12.1. The van der Waals surface area contributed by atoms with Gasteiger partial charge in [0.2, 0.25) is 0 Å². The van der Waals surface area contributed by atoms with Crippen LogP contribution in [0.25, 0.3) is 0 Å². The zero-order chi connectivity index (χ0) is 13.0. The number of amides is 1. The smallest absolute Gasteiger partial charge is 0.272 e. The van der Waals surface area contributed by atoms with Crippen molar-refractivity contribution in [3.63, 3.8) is 0 Å². The Morgan fingerprint density at radius 3 is 3.06 bits per heavy atom. The summed E-state index contributed by atoms with van der Waals surface area (Å²) in [5.41, 5.74) is 7.56. The van der Waals surface area contributed by atoms with Crippen molar-refractivity contribution >= 4 is 17.3 Å². The molecule has 0 bridgehead atoms. The van der Waals surface area contributed by atoms with Gasteiger partial charge >= 0.3 is 0 Å². The molecule has 0 atom stereocenters. The Hall–Kier alpha value is -2.30. The Labute approximate surface area is 106 Å². The van der Waals surface area contributed by atoms with Gasteiger partial charge in [0, 0.05) is 18.9 Å². The molecule has 0 saturated heterocycles. The van der Waals surface area contributed by atoms with Crippen molar-refractivity contribution in [2.75, 3.05) is 11.1 Å². The van der Waals surface area contributed by atoms with Gasteiger partial charge in [-0.3, -0.25) is 9.78 Å². The molecule has 5 heteroatoms. The molecule has 0 spiro atoms. The maximum absolute atomic E-state index is 12.1. The summed E-state index contributed by atoms with van der Waals surface area (Å²) in [5, 5.41) is 2.79. The quantitative estimate of drug-likeness (QED) is 0.865. The van der Waals surface area contributed by atoms with Gasteiger partial charge in [0.15, 0.2) is 0 Å². The first-order valence-corrected chi connectivity index (χ1v) is 5.87. The number of hydrogen-bond donors (Lipinski definition) is 2. The van der Waals surface area contributed by atoms with Gasteiger partial charge in [0.25, 0.3) is 5.91 Å². The van der Waals surface area contributed by atoms with Crippen LogP contribution in [-0.2, 0) is 6.54 Å². The minimum atomic E-state index is -0.173. The van der Waals surface area contributed by atoms with Gasteiger partial charge in [-0.25, -0.2) is 0 Å². The number of hydrogen-bond acceptors (Lipinski definition) is 3. The Bertz CT molecular complexity index is 533. The fourth-order valence-corrected chi connectivity index (χ4v) is 1.78. The average molecular weight is 244 g/mol. The van der Waals surface area contributed by atoms with E-state index in [1.54, 1.807) is 36.8 Å². The summed E-state index contributed by atoms with van der Waals surface area (Å²) < 4.78 is 1.86. The molecule has 2 aromatic heterocycles. The fraction of sp³-hybridized carbons (Fsp3) is 0.231. The van der Waals surface area contributed by atoms with Crippen molar-refractivity contribution in [3.05, 3.63) is 42.5 Å². The van der Waals surface area contributed by atoms with Crippen LogP contribution in [0.1, 0.15) is 23.8 Å². The van der Waals surface area contributed by atoms with E-state index in [4.69, 9.17) is 5.73 Å². The average Bonchev–Trinajstić information content (AvgIpc) is 2.72. The molecule has 0 radical (unpaired) electrons. The summed E-state index contributed by atoms with van der Waals surface area (Å²) in [5.74, 6) is -0.173. The molecule has 1 amide bonds. The highest BCUT2D eigenvalue weighted by Crippen LogP contribution is 2.13. The van der Waals surface area contributed by atoms with Crippen LogP contribution in [-0.4, -0.2) is 15.5 Å². The summed E-state index contributed by atoms with van der Waals surface area (Å²) in [6, 6.07) is 5.25. The summed E-state index contributed by atoms with van der Waals surface area (Å²) >= 11 is 0. The molecule has 5 nitrogen and oxygen atoms in total. The number of nitrogen functional groups attached to an aromatic ring is 1. The molecule has 0 aliphatic carbocycles. The molecule has 18 heavy (non-hydrogen) atoms. The standard InChI is InChI=1S/C13H16N4O/c1-2-6-17-9-10(14)7-12(17)13(18)16-11-4-3-5-15-8-11/h3-5,7-9H,2,6,14H2,1H3,(H,16,18). The normalized spacial score (nSPS) is 10.3. The second kappa shape index (κ2) is 5.35. The lowest BCUT2D eigenvalue weighted by molar-refractivity contribution is 0.101.